The predicted molar refractivity (Wildman–Crippen MR) is 68.4 cm³/mol. The summed E-state index contributed by atoms with van der Waals surface area (Å²) in [7, 11) is 1.46. The lowest BCUT2D eigenvalue weighted by Crippen LogP contribution is -1.97. The van der Waals surface area contributed by atoms with Gasteiger partial charge in [0.15, 0.2) is 0 Å². The molecule has 0 aliphatic rings. The lowest BCUT2D eigenvalue weighted by Gasteiger charge is -2.07. The molecule has 19 heavy (non-hydrogen) atoms. The van der Waals surface area contributed by atoms with Crippen LogP contribution in [0.15, 0.2) is 36.4 Å². The molecule has 0 aliphatic carbocycles. The summed E-state index contributed by atoms with van der Waals surface area (Å²) in [6.07, 6.45) is 0. The van der Waals surface area contributed by atoms with Gasteiger partial charge < -0.3 is 15.2 Å². The molecule has 0 saturated carbocycles. The Kier molecular flexibility index (Phi) is 3.46. The first-order chi connectivity index (χ1) is 9.10. The molecule has 0 saturated heterocycles. The number of rotatable bonds is 4. The molecule has 0 aliphatic heterocycles. The minimum Gasteiger partial charge on any atom is -0.497 e. The number of benzene rings is 1. The number of anilines is 1. The average molecular weight is 261 g/mol. The standard InChI is InChI=1S/C12H11N3O4/c1-18-8-5-6-9(15(16)17)10(7-8)19-12-4-2-3-11(13)14-12/h2-7H,1H3,(H2,13,14). The van der Waals surface area contributed by atoms with Crippen LogP contribution in [0.2, 0.25) is 0 Å². The van der Waals surface area contributed by atoms with E-state index in [0.717, 1.165) is 0 Å². The van der Waals surface area contributed by atoms with Crippen LogP contribution >= 0.6 is 0 Å². The lowest BCUT2D eigenvalue weighted by atomic mass is 10.3. The number of pyridine rings is 1. The van der Waals surface area contributed by atoms with Crippen LogP contribution in [0, 0.1) is 10.1 Å². The molecule has 7 heteroatoms. The van der Waals surface area contributed by atoms with E-state index in [0.29, 0.717) is 5.75 Å². The Balaban J connectivity index is 2.39. The summed E-state index contributed by atoms with van der Waals surface area (Å²) < 4.78 is 10.4. The van der Waals surface area contributed by atoms with Crippen molar-refractivity contribution < 1.29 is 14.4 Å². The minimum atomic E-state index is -0.541. The first kappa shape index (κ1) is 12.6. The molecule has 1 aromatic heterocycles. The van der Waals surface area contributed by atoms with Gasteiger partial charge in [-0.3, -0.25) is 10.1 Å². The number of nitro groups is 1. The molecule has 2 rings (SSSR count). The van der Waals surface area contributed by atoms with E-state index in [9.17, 15) is 10.1 Å². The zero-order valence-corrected chi connectivity index (χ0v) is 10.1. The molecule has 0 atom stereocenters. The quantitative estimate of drug-likeness (QED) is 0.669. The van der Waals surface area contributed by atoms with Gasteiger partial charge in [0.1, 0.15) is 11.6 Å². The molecule has 7 nitrogen and oxygen atoms in total. The van der Waals surface area contributed by atoms with Gasteiger partial charge in [-0.05, 0) is 12.1 Å². The van der Waals surface area contributed by atoms with Crippen LogP contribution in [0.25, 0.3) is 0 Å². The number of nitrogen functional groups attached to an aromatic ring is 1. The van der Waals surface area contributed by atoms with E-state index in [2.05, 4.69) is 4.98 Å². The first-order valence-electron chi connectivity index (χ1n) is 5.33. The monoisotopic (exact) mass is 261 g/mol. The van der Waals surface area contributed by atoms with Crippen molar-refractivity contribution in [1.82, 2.24) is 4.98 Å². The normalized spacial score (nSPS) is 9.95. The molecular formula is C12H11N3O4. The van der Waals surface area contributed by atoms with Crippen LogP contribution in [0.5, 0.6) is 17.4 Å². The molecule has 2 N–H and O–H groups in total. The van der Waals surface area contributed by atoms with E-state index in [1.54, 1.807) is 18.2 Å². The third kappa shape index (κ3) is 2.89. The summed E-state index contributed by atoms with van der Waals surface area (Å²) in [6, 6.07) is 9.00. The number of methoxy groups -OCH3 is 1. The van der Waals surface area contributed by atoms with Gasteiger partial charge in [-0.15, -0.1) is 0 Å². The Morgan fingerprint density at radius 3 is 2.74 bits per heavy atom. The molecule has 0 spiro atoms. The van der Waals surface area contributed by atoms with Crippen molar-refractivity contribution >= 4 is 11.5 Å². The Labute approximate surface area is 108 Å². The molecule has 0 amide bonds. The number of ether oxygens (including phenoxy) is 2. The van der Waals surface area contributed by atoms with Gasteiger partial charge in [0.25, 0.3) is 0 Å². The SMILES string of the molecule is COc1ccc([N+](=O)[O-])c(Oc2cccc(N)n2)c1. The second-order valence-electron chi connectivity index (χ2n) is 3.59. The fourth-order valence-corrected chi connectivity index (χ4v) is 1.45. The smallest absolute Gasteiger partial charge is 0.311 e. The van der Waals surface area contributed by atoms with E-state index in [1.807, 2.05) is 0 Å². The molecule has 0 fully saturated rings. The topological polar surface area (TPSA) is 101 Å². The van der Waals surface area contributed by atoms with Crippen LogP contribution in [0.4, 0.5) is 11.5 Å². The van der Waals surface area contributed by atoms with E-state index in [1.165, 1.54) is 25.3 Å². The maximum absolute atomic E-state index is 10.9. The second kappa shape index (κ2) is 5.21. The fourth-order valence-electron chi connectivity index (χ4n) is 1.45. The highest BCUT2D eigenvalue weighted by Crippen LogP contribution is 2.34. The van der Waals surface area contributed by atoms with E-state index < -0.39 is 4.92 Å². The maximum atomic E-state index is 10.9. The van der Waals surface area contributed by atoms with Crippen molar-refractivity contribution in [3.8, 4) is 17.4 Å². The largest absolute Gasteiger partial charge is 0.497 e. The van der Waals surface area contributed by atoms with Crippen molar-refractivity contribution in [1.29, 1.82) is 0 Å². The van der Waals surface area contributed by atoms with Crippen LogP contribution in [0.1, 0.15) is 0 Å². The number of hydrogen-bond acceptors (Lipinski definition) is 6. The van der Waals surface area contributed by atoms with Crippen LogP contribution in [-0.2, 0) is 0 Å². The molecule has 0 radical (unpaired) electrons. The summed E-state index contributed by atoms with van der Waals surface area (Å²) in [5.74, 6) is 0.936. The van der Waals surface area contributed by atoms with Crippen molar-refractivity contribution in [2.24, 2.45) is 0 Å². The Morgan fingerprint density at radius 2 is 2.11 bits per heavy atom. The van der Waals surface area contributed by atoms with E-state index in [4.69, 9.17) is 15.2 Å². The van der Waals surface area contributed by atoms with Gasteiger partial charge in [0.05, 0.1) is 12.0 Å². The van der Waals surface area contributed by atoms with Crippen molar-refractivity contribution in [2.45, 2.75) is 0 Å². The van der Waals surface area contributed by atoms with Gasteiger partial charge in [0.2, 0.25) is 11.6 Å². The predicted octanol–water partition coefficient (Wildman–Crippen LogP) is 2.37. The summed E-state index contributed by atoms with van der Waals surface area (Å²) in [5, 5.41) is 10.9. The zero-order valence-electron chi connectivity index (χ0n) is 10.1. The third-order valence-corrected chi connectivity index (χ3v) is 2.32. The summed E-state index contributed by atoms with van der Waals surface area (Å²) in [4.78, 5) is 14.3. The van der Waals surface area contributed by atoms with Gasteiger partial charge >= 0.3 is 5.69 Å². The Hall–Kier alpha value is -2.83. The van der Waals surface area contributed by atoms with Gasteiger partial charge in [-0.2, -0.15) is 4.98 Å². The van der Waals surface area contributed by atoms with Gasteiger partial charge in [0, 0.05) is 18.2 Å². The Bertz CT molecular complexity index is 616. The fraction of sp³-hybridized carbons (Fsp3) is 0.0833. The van der Waals surface area contributed by atoms with E-state index in [-0.39, 0.29) is 23.1 Å². The second-order valence-corrected chi connectivity index (χ2v) is 3.59. The Morgan fingerprint density at radius 1 is 1.32 bits per heavy atom. The molecule has 0 unspecified atom stereocenters. The van der Waals surface area contributed by atoms with Crippen LogP contribution < -0.4 is 15.2 Å². The van der Waals surface area contributed by atoms with Crippen LogP contribution in [-0.4, -0.2) is 17.0 Å². The molecule has 1 heterocycles. The molecule has 98 valence electrons. The summed E-state index contributed by atoms with van der Waals surface area (Å²) in [6.45, 7) is 0. The van der Waals surface area contributed by atoms with Crippen molar-refractivity contribution in [2.75, 3.05) is 12.8 Å². The highest BCUT2D eigenvalue weighted by atomic mass is 16.6. The molecule has 0 bridgehead atoms. The molecule has 2 aromatic rings. The average Bonchev–Trinajstić information content (AvgIpc) is 2.38. The van der Waals surface area contributed by atoms with Crippen molar-refractivity contribution in [3.63, 3.8) is 0 Å². The lowest BCUT2D eigenvalue weighted by molar-refractivity contribution is -0.385. The van der Waals surface area contributed by atoms with Crippen LogP contribution in [0.3, 0.4) is 0 Å². The number of nitrogens with zero attached hydrogens (tertiary/aromatic N) is 2. The van der Waals surface area contributed by atoms with Gasteiger partial charge in [-0.1, -0.05) is 6.07 Å². The van der Waals surface area contributed by atoms with Gasteiger partial charge in [-0.25, -0.2) is 0 Å². The number of hydrogen-bond donors (Lipinski definition) is 1. The summed E-state index contributed by atoms with van der Waals surface area (Å²) >= 11 is 0. The van der Waals surface area contributed by atoms with E-state index >= 15 is 0 Å². The minimum absolute atomic E-state index is 0.0439. The molecule has 1 aromatic carbocycles. The molecular weight excluding hydrogens is 250 g/mol. The summed E-state index contributed by atoms with van der Waals surface area (Å²) in [5.41, 5.74) is 5.34. The number of nitro benzene ring substituents is 1. The number of aromatic nitrogens is 1. The highest BCUT2D eigenvalue weighted by Gasteiger charge is 2.17. The van der Waals surface area contributed by atoms with Crippen molar-refractivity contribution in [3.05, 3.63) is 46.5 Å². The third-order valence-electron chi connectivity index (χ3n) is 2.32. The highest BCUT2D eigenvalue weighted by molar-refractivity contribution is 5.52. The number of nitrogens with two attached hydrogens (primary N) is 1. The first-order valence-corrected chi connectivity index (χ1v) is 5.33. The maximum Gasteiger partial charge on any atom is 0.311 e. The zero-order chi connectivity index (χ0) is 13.8.